The molecule has 0 aliphatic heterocycles. The first-order chi connectivity index (χ1) is 7.65. The van der Waals surface area contributed by atoms with Crippen LogP contribution in [0.25, 0.3) is 0 Å². The van der Waals surface area contributed by atoms with Gasteiger partial charge in [-0.05, 0) is 43.2 Å². The average Bonchev–Trinajstić information content (AvgIpc) is 2.24. The summed E-state index contributed by atoms with van der Waals surface area (Å²) in [5.41, 5.74) is 0. The maximum Gasteiger partial charge on any atom is 0.131 e. The van der Waals surface area contributed by atoms with Crippen LogP contribution in [0.5, 0.6) is 0 Å². The van der Waals surface area contributed by atoms with Crippen molar-refractivity contribution in [2.45, 2.75) is 39.2 Å². The van der Waals surface area contributed by atoms with Gasteiger partial charge in [0.15, 0.2) is 0 Å². The van der Waals surface area contributed by atoms with Gasteiger partial charge in [-0.2, -0.15) is 0 Å². The van der Waals surface area contributed by atoms with Gasteiger partial charge in [0.1, 0.15) is 11.0 Å². The molecule has 1 heterocycles. The molecule has 3 heteroatoms. The first-order valence-corrected chi connectivity index (χ1v) is 6.42. The average molecular weight is 239 g/mol. The molecule has 0 saturated heterocycles. The molecule has 0 radical (unpaired) electrons. The lowest BCUT2D eigenvalue weighted by molar-refractivity contribution is 0.260. The van der Waals surface area contributed by atoms with Crippen molar-refractivity contribution in [1.82, 2.24) is 4.98 Å². The van der Waals surface area contributed by atoms with Crippen LogP contribution in [0.4, 0.5) is 5.82 Å². The van der Waals surface area contributed by atoms with Crippen molar-refractivity contribution < 1.29 is 0 Å². The Kier molecular flexibility index (Phi) is 3.70. The van der Waals surface area contributed by atoms with Crippen molar-refractivity contribution in [1.29, 1.82) is 0 Å². The van der Waals surface area contributed by atoms with E-state index in [1.807, 2.05) is 12.1 Å². The SMILES string of the molecule is CC1CCC(Nc2cccc(Cl)n2)CC1C. The third-order valence-electron chi connectivity index (χ3n) is 3.67. The number of rotatable bonds is 2. The highest BCUT2D eigenvalue weighted by Crippen LogP contribution is 2.30. The lowest BCUT2D eigenvalue weighted by Gasteiger charge is -2.32. The molecule has 88 valence electrons. The van der Waals surface area contributed by atoms with E-state index in [4.69, 9.17) is 11.6 Å². The van der Waals surface area contributed by atoms with Crippen molar-refractivity contribution in [3.63, 3.8) is 0 Å². The molecule has 0 spiro atoms. The Morgan fingerprint density at radius 2 is 2.06 bits per heavy atom. The molecule has 1 saturated carbocycles. The van der Waals surface area contributed by atoms with Crippen LogP contribution < -0.4 is 5.32 Å². The summed E-state index contributed by atoms with van der Waals surface area (Å²) in [6.07, 6.45) is 3.77. The van der Waals surface area contributed by atoms with Gasteiger partial charge in [0, 0.05) is 6.04 Å². The number of hydrogen-bond donors (Lipinski definition) is 1. The predicted octanol–water partition coefficient (Wildman–Crippen LogP) is 3.97. The lowest BCUT2D eigenvalue weighted by atomic mass is 9.79. The Balaban J connectivity index is 1.95. The highest BCUT2D eigenvalue weighted by atomic mass is 35.5. The van der Waals surface area contributed by atoms with Gasteiger partial charge in [-0.1, -0.05) is 31.5 Å². The van der Waals surface area contributed by atoms with Crippen LogP contribution >= 0.6 is 11.6 Å². The third-order valence-corrected chi connectivity index (χ3v) is 3.88. The first-order valence-electron chi connectivity index (χ1n) is 6.04. The maximum atomic E-state index is 5.86. The maximum absolute atomic E-state index is 5.86. The minimum absolute atomic E-state index is 0.553. The number of aromatic nitrogens is 1. The second-order valence-corrected chi connectivity index (χ2v) is 5.34. The number of pyridine rings is 1. The quantitative estimate of drug-likeness (QED) is 0.789. The summed E-state index contributed by atoms with van der Waals surface area (Å²) in [5, 5.41) is 4.03. The van der Waals surface area contributed by atoms with Gasteiger partial charge in [0.05, 0.1) is 0 Å². The number of hydrogen-bond acceptors (Lipinski definition) is 2. The smallest absolute Gasteiger partial charge is 0.131 e. The van der Waals surface area contributed by atoms with Gasteiger partial charge in [0.25, 0.3) is 0 Å². The zero-order chi connectivity index (χ0) is 11.5. The molecule has 1 aromatic heterocycles. The van der Waals surface area contributed by atoms with Crippen molar-refractivity contribution in [2.75, 3.05) is 5.32 Å². The monoisotopic (exact) mass is 238 g/mol. The molecule has 3 atom stereocenters. The molecule has 0 amide bonds. The molecule has 1 aliphatic rings. The fraction of sp³-hybridized carbons (Fsp3) is 0.615. The Hall–Kier alpha value is -0.760. The second-order valence-electron chi connectivity index (χ2n) is 4.95. The molecule has 2 nitrogen and oxygen atoms in total. The summed E-state index contributed by atoms with van der Waals surface area (Å²) in [6.45, 7) is 4.68. The van der Waals surface area contributed by atoms with Gasteiger partial charge in [0.2, 0.25) is 0 Å². The molecule has 0 bridgehead atoms. The lowest BCUT2D eigenvalue weighted by Crippen LogP contribution is -2.30. The fourth-order valence-electron chi connectivity index (χ4n) is 2.38. The van der Waals surface area contributed by atoms with Crippen LogP contribution in [0.15, 0.2) is 18.2 Å². The van der Waals surface area contributed by atoms with Crippen molar-refractivity contribution in [2.24, 2.45) is 11.8 Å². The number of anilines is 1. The van der Waals surface area contributed by atoms with E-state index >= 15 is 0 Å². The molecular weight excluding hydrogens is 220 g/mol. The van der Waals surface area contributed by atoms with Crippen LogP contribution in [-0.4, -0.2) is 11.0 Å². The van der Waals surface area contributed by atoms with Crippen molar-refractivity contribution in [3.05, 3.63) is 23.4 Å². The zero-order valence-corrected chi connectivity index (χ0v) is 10.7. The summed E-state index contributed by atoms with van der Waals surface area (Å²) in [7, 11) is 0. The first kappa shape index (κ1) is 11.7. The van der Waals surface area contributed by atoms with E-state index in [0.717, 1.165) is 17.7 Å². The molecular formula is C13H19ClN2. The number of nitrogens with zero attached hydrogens (tertiary/aromatic N) is 1. The van der Waals surface area contributed by atoms with E-state index < -0.39 is 0 Å². The Labute approximate surface area is 102 Å². The fourth-order valence-corrected chi connectivity index (χ4v) is 2.54. The topological polar surface area (TPSA) is 24.9 Å². The van der Waals surface area contributed by atoms with Crippen LogP contribution in [0.3, 0.4) is 0 Å². The van der Waals surface area contributed by atoms with E-state index in [0.29, 0.717) is 11.2 Å². The van der Waals surface area contributed by atoms with Crippen LogP contribution in [-0.2, 0) is 0 Å². The Morgan fingerprint density at radius 1 is 1.25 bits per heavy atom. The normalized spacial score (nSPS) is 30.1. The summed E-state index contributed by atoms with van der Waals surface area (Å²) in [5.74, 6) is 2.55. The van der Waals surface area contributed by atoms with Crippen LogP contribution in [0.2, 0.25) is 5.15 Å². The molecule has 1 aliphatic carbocycles. The van der Waals surface area contributed by atoms with Crippen molar-refractivity contribution >= 4 is 17.4 Å². The van der Waals surface area contributed by atoms with E-state index in [1.165, 1.54) is 19.3 Å². The minimum Gasteiger partial charge on any atom is -0.367 e. The summed E-state index contributed by atoms with van der Waals surface area (Å²) in [4.78, 5) is 4.27. The number of nitrogens with one attached hydrogen (secondary N) is 1. The van der Waals surface area contributed by atoms with Gasteiger partial charge in [-0.15, -0.1) is 0 Å². The highest BCUT2D eigenvalue weighted by Gasteiger charge is 2.24. The van der Waals surface area contributed by atoms with Gasteiger partial charge in [-0.3, -0.25) is 0 Å². The number of halogens is 1. The summed E-state index contributed by atoms with van der Waals surface area (Å²) in [6, 6.07) is 6.27. The third kappa shape index (κ3) is 2.88. The standard InChI is InChI=1S/C13H19ClN2/c1-9-6-7-11(8-10(9)2)15-13-5-3-4-12(14)16-13/h3-5,9-11H,6-8H2,1-2H3,(H,15,16). The van der Waals surface area contributed by atoms with E-state index in [1.54, 1.807) is 6.07 Å². The highest BCUT2D eigenvalue weighted by molar-refractivity contribution is 6.29. The van der Waals surface area contributed by atoms with Crippen LogP contribution in [0, 0.1) is 11.8 Å². The minimum atomic E-state index is 0.553. The molecule has 3 unspecified atom stereocenters. The van der Waals surface area contributed by atoms with Crippen LogP contribution in [0.1, 0.15) is 33.1 Å². The van der Waals surface area contributed by atoms with E-state index in [2.05, 4.69) is 24.1 Å². The molecule has 2 rings (SSSR count). The molecule has 16 heavy (non-hydrogen) atoms. The summed E-state index contributed by atoms with van der Waals surface area (Å²) < 4.78 is 0. The Morgan fingerprint density at radius 3 is 2.75 bits per heavy atom. The van der Waals surface area contributed by atoms with Gasteiger partial charge >= 0.3 is 0 Å². The second kappa shape index (κ2) is 5.05. The van der Waals surface area contributed by atoms with Crippen molar-refractivity contribution in [3.8, 4) is 0 Å². The molecule has 1 fully saturated rings. The molecule has 0 aromatic carbocycles. The van der Waals surface area contributed by atoms with E-state index in [-0.39, 0.29) is 0 Å². The zero-order valence-electron chi connectivity index (χ0n) is 9.91. The van der Waals surface area contributed by atoms with Gasteiger partial charge < -0.3 is 5.32 Å². The largest absolute Gasteiger partial charge is 0.367 e. The molecule has 1 N–H and O–H groups in total. The predicted molar refractivity (Wildman–Crippen MR) is 68.8 cm³/mol. The van der Waals surface area contributed by atoms with Gasteiger partial charge in [-0.25, -0.2) is 4.98 Å². The summed E-state index contributed by atoms with van der Waals surface area (Å²) >= 11 is 5.86. The Bertz CT molecular complexity index is 354. The molecule has 1 aromatic rings. The van der Waals surface area contributed by atoms with E-state index in [9.17, 15) is 0 Å².